The average molecular weight is 359 g/mol. The van der Waals surface area contributed by atoms with Gasteiger partial charge in [0.2, 0.25) is 5.95 Å². The van der Waals surface area contributed by atoms with Crippen molar-refractivity contribution in [1.82, 2.24) is 19.9 Å². The summed E-state index contributed by atoms with van der Waals surface area (Å²) < 4.78 is 0. The van der Waals surface area contributed by atoms with E-state index in [0.717, 1.165) is 37.3 Å². The molecule has 4 rings (SSSR count). The molecule has 2 aromatic heterocycles. The fraction of sp³-hybridized carbons (Fsp3) is 0.318. The molecule has 1 aliphatic heterocycles. The number of pyridine rings is 1. The summed E-state index contributed by atoms with van der Waals surface area (Å²) in [6, 6.07) is 18.9. The molecule has 0 amide bonds. The number of rotatable bonds is 5. The number of piperidine rings is 1. The van der Waals surface area contributed by atoms with E-state index in [4.69, 9.17) is 4.98 Å². The van der Waals surface area contributed by atoms with Crippen molar-refractivity contribution in [1.29, 1.82) is 0 Å². The molecule has 1 aliphatic rings. The zero-order valence-electron chi connectivity index (χ0n) is 15.6. The highest BCUT2D eigenvalue weighted by molar-refractivity contribution is 5.54. The summed E-state index contributed by atoms with van der Waals surface area (Å²) in [5, 5.41) is 3.61. The van der Waals surface area contributed by atoms with Crippen molar-refractivity contribution in [2.75, 3.05) is 25.5 Å². The Morgan fingerprint density at radius 1 is 0.963 bits per heavy atom. The van der Waals surface area contributed by atoms with Gasteiger partial charge < -0.3 is 10.2 Å². The summed E-state index contributed by atoms with van der Waals surface area (Å²) in [7, 11) is 2.20. The second-order valence-electron chi connectivity index (χ2n) is 7.23. The van der Waals surface area contributed by atoms with Crippen LogP contribution >= 0.6 is 0 Å². The van der Waals surface area contributed by atoms with Crippen molar-refractivity contribution in [3.05, 3.63) is 72.6 Å². The van der Waals surface area contributed by atoms with Gasteiger partial charge in [-0.1, -0.05) is 36.4 Å². The minimum atomic E-state index is 0.361. The van der Waals surface area contributed by atoms with Gasteiger partial charge in [-0.25, -0.2) is 9.97 Å². The van der Waals surface area contributed by atoms with E-state index in [9.17, 15) is 0 Å². The predicted molar refractivity (Wildman–Crippen MR) is 108 cm³/mol. The van der Waals surface area contributed by atoms with Gasteiger partial charge in [0.15, 0.2) is 0 Å². The highest BCUT2D eigenvalue weighted by atomic mass is 15.2. The van der Waals surface area contributed by atoms with Crippen LogP contribution in [-0.4, -0.2) is 46.0 Å². The number of hydrogen-bond donors (Lipinski definition) is 1. The van der Waals surface area contributed by atoms with Crippen LogP contribution in [0.25, 0.3) is 11.4 Å². The maximum absolute atomic E-state index is 4.70. The van der Waals surface area contributed by atoms with Crippen LogP contribution in [0, 0.1) is 5.92 Å². The van der Waals surface area contributed by atoms with Gasteiger partial charge in [-0.15, -0.1) is 0 Å². The molecule has 3 aromatic rings. The van der Waals surface area contributed by atoms with E-state index in [-0.39, 0.29) is 0 Å². The average Bonchev–Trinajstić information content (AvgIpc) is 2.72. The molecular weight excluding hydrogens is 334 g/mol. The van der Waals surface area contributed by atoms with Crippen LogP contribution in [0.3, 0.4) is 0 Å². The third kappa shape index (κ3) is 4.49. The molecule has 1 saturated heterocycles. The topological polar surface area (TPSA) is 53.9 Å². The van der Waals surface area contributed by atoms with Crippen molar-refractivity contribution < 1.29 is 0 Å². The first-order valence-electron chi connectivity index (χ1n) is 9.51. The minimum absolute atomic E-state index is 0.361. The third-order valence-electron chi connectivity index (χ3n) is 5.18. The molecule has 1 aromatic carbocycles. The Morgan fingerprint density at radius 3 is 2.63 bits per heavy atom. The van der Waals surface area contributed by atoms with Crippen LogP contribution in [0.1, 0.15) is 12.0 Å². The summed E-state index contributed by atoms with van der Waals surface area (Å²) >= 11 is 0. The molecule has 1 fully saturated rings. The van der Waals surface area contributed by atoms with Gasteiger partial charge in [0.1, 0.15) is 0 Å². The molecule has 0 bridgehead atoms. The molecule has 2 atom stereocenters. The SMILES string of the molecule is CN1CC[C@@H](Nc2nccc(-c3ccccn3)n2)[C@@H](Cc2ccccc2)C1. The van der Waals surface area contributed by atoms with Gasteiger partial charge in [0.25, 0.3) is 0 Å². The number of hydrogen-bond acceptors (Lipinski definition) is 5. The summed E-state index contributed by atoms with van der Waals surface area (Å²) in [5.41, 5.74) is 3.10. The fourth-order valence-corrected chi connectivity index (χ4v) is 3.78. The molecule has 27 heavy (non-hydrogen) atoms. The Morgan fingerprint density at radius 2 is 1.81 bits per heavy atom. The minimum Gasteiger partial charge on any atom is -0.351 e. The van der Waals surface area contributed by atoms with Gasteiger partial charge >= 0.3 is 0 Å². The number of benzene rings is 1. The lowest BCUT2D eigenvalue weighted by Crippen LogP contribution is -2.45. The Labute approximate surface area is 160 Å². The number of nitrogens with one attached hydrogen (secondary N) is 1. The van der Waals surface area contributed by atoms with Crippen LogP contribution < -0.4 is 5.32 Å². The largest absolute Gasteiger partial charge is 0.351 e. The van der Waals surface area contributed by atoms with Gasteiger partial charge in [-0.05, 0) is 56.1 Å². The summed E-state index contributed by atoms with van der Waals surface area (Å²) in [4.78, 5) is 16.0. The van der Waals surface area contributed by atoms with E-state index in [2.05, 4.69) is 57.6 Å². The Hall–Kier alpha value is -2.79. The molecule has 5 heteroatoms. The summed E-state index contributed by atoms with van der Waals surface area (Å²) in [6.45, 7) is 2.16. The lowest BCUT2D eigenvalue weighted by molar-refractivity contribution is 0.193. The van der Waals surface area contributed by atoms with Crippen LogP contribution in [0.2, 0.25) is 0 Å². The first-order chi connectivity index (χ1) is 13.3. The molecular formula is C22H25N5. The first-order valence-corrected chi connectivity index (χ1v) is 9.51. The second kappa shape index (κ2) is 8.27. The number of aromatic nitrogens is 3. The Bertz CT molecular complexity index is 853. The molecule has 0 saturated carbocycles. The number of anilines is 1. The van der Waals surface area contributed by atoms with Crippen LogP contribution in [0.15, 0.2) is 67.0 Å². The van der Waals surface area contributed by atoms with Crippen molar-refractivity contribution >= 4 is 5.95 Å². The molecule has 5 nitrogen and oxygen atoms in total. The van der Waals surface area contributed by atoms with E-state index >= 15 is 0 Å². The third-order valence-corrected chi connectivity index (χ3v) is 5.18. The Balaban J connectivity index is 1.51. The van der Waals surface area contributed by atoms with E-state index in [1.165, 1.54) is 5.56 Å². The monoisotopic (exact) mass is 359 g/mol. The zero-order valence-corrected chi connectivity index (χ0v) is 15.6. The summed E-state index contributed by atoms with van der Waals surface area (Å²) in [5.74, 6) is 1.21. The highest BCUT2D eigenvalue weighted by Crippen LogP contribution is 2.24. The lowest BCUT2D eigenvalue weighted by Gasteiger charge is -2.37. The van der Waals surface area contributed by atoms with Gasteiger partial charge in [-0.3, -0.25) is 4.98 Å². The van der Waals surface area contributed by atoms with Gasteiger partial charge in [0, 0.05) is 25.0 Å². The molecule has 0 aliphatic carbocycles. The van der Waals surface area contributed by atoms with E-state index in [0.29, 0.717) is 17.9 Å². The fourth-order valence-electron chi connectivity index (χ4n) is 3.78. The lowest BCUT2D eigenvalue weighted by atomic mass is 9.87. The van der Waals surface area contributed by atoms with Crippen molar-refractivity contribution in [2.45, 2.75) is 18.9 Å². The van der Waals surface area contributed by atoms with Crippen LogP contribution in [0.4, 0.5) is 5.95 Å². The highest BCUT2D eigenvalue weighted by Gasteiger charge is 2.28. The van der Waals surface area contributed by atoms with Crippen molar-refractivity contribution in [2.24, 2.45) is 5.92 Å². The van der Waals surface area contributed by atoms with Crippen LogP contribution in [-0.2, 0) is 6.42 Å². The Kier molecular flexibility index (Phi) is 5.39. The second-order valence-corrected chi connectivity index (χ2v) is 7.23. The zero-order chi connectivity index (χ0) is 18.5. The predicted octanol–water partition coefficient (Wildman–Crippen LogP) is 3.51. The van der Waals surface area contributed by atoms with Gasteiger partial charge in [-0.2, -0.15) is 0 Å². The normalized spacial score (nSPS) is 20.3. The molecule has 138 valence electrons. The molecule has 1 N–H and O–H groups in total. The van der Waals surface area contributed by atoms with Crippen molar-refractivity contribution in [3.63, 3.8) is 0 Å². The molecule has 0 spiro atoms. The van der Waals surface area contributed by atoms with Crippen molar-refractivity contribution in [3.8, 4) is 11.4 Å². The number of likely N-dealkylation sites (tertiary alicyclic amines) is 1. The maximum atomic E-state index is 4.70. The standard InChI is InChI=1S/C22H25N5/c1-27-14-11-19(18(16-27)15-17-7-3-2-4-8-17)25-22-24-13-10-21(26-22)20-9-5-6-12-23-20/h2-10,12-13,18-19H,11,14-16H2,1H3,(H,24,25,26)/t18-,19+/m0/s1. The van der Waals surface area contributed by atoms with Crippen LogP contribution in [0.5, 0.6) is 0 Å². The number of nitrogens with zero attached hydrogens (tertiary/aromatic N) is 4. The smallest absolute Gasteiger partial charge is 0.223 e. The van der Waals surface area contributed by atoms with E-state index in [1.54, 1.807) is 12.4 Å². The summed E-state index contributed by atoms with van der Waals surface area (Å²) in [6.07, 6.45) is 5.74. The molecule has 0 radical (unpaired) electrons. The first kappa shape index (κ1) is 17.6. The van der Waals surface area contributed by atoms with Gasteiger partial charge in [0.05, 0.1) is 11.4 Å². The van der Waals surface area contributed by atoms with E-state index < -0.39 is 0 Å². The van der Waals surface area contributed by atoms with E-state index in [1.807, 2.05) is 24.3 Å². The quantitative estimate of drug-likeness (QED) is 0.755. The molecule has 0 unspecified atom stereocenters. The maximum Gasteiger partial charge on any atom is 0.223 e. The molecule has 3 heterocycles.